The average molecular weight is 204 g/mol. The van der Waals surface area contributed by atoms with Gasteiger partial charge in [0.15, 0.2) is 5.78 Å². The van der Waals surface area contributed by atoms with Crippen LogP contribution < -0.4 is 0 Å². The molecular formula is C12H16N2O. The smallest absolute Gasteiger partial charge is 0.168 e. The number of nitrogens with zero attached hydrogens (tertiary/aromatic N) is 2. The van der Waals surface area contributed by atoms with E-state index >= 15 is 0 Å². The molecule has 0 bridgehead atoms. The van der Waals surface area contributed by atoms with E-state index in [0.29, 0.717) is 12.0 Å². The number of carbonyl (C=O) groups is 1. The van der Waals surface area contributed by atoms with E-state index in [1.54, 1.807) is 30.7 Å². The molecule has 1 aromatic rings. The fraction of sp³-hybridized carbons (Fsp3) is 0.417. The Morgan fingerprint density at radius 2 is 2.20 bits per heavy atom. The highest BCUT2D eigenvalue weighted by molar-refractivity contribution is 6.03. The van der Waals surface area contributed by atoms with E-state index < -0.39 is 0 Å². The molecule has 0 aliphatic rings. The molecule has 0 fully saturated rings. The Morgan fingerprint density at radius 3 is 2.87 bits per heavy atom. The zero-order valence-corrected chi connectivity index (χ0v) is 9.02. The van der Waals surface area contributed by atoms with Crippen molar-refractivity contribution in [3.63, 3.8) is 0 Å². The number of Topliss-reactive ketones (excluding diaryl/α,β-unsaturated/α-hetero) is 1. The van der Waals surface area contributed by atoms with Gasteiger partial charge in [-0.3, -0.25) is 14.8 Å². The molecule has 0 radical (unpaired) electrons. The largest absolute Gasteiger partial charge is 0.297 e. The number of pyridine rings is 1. The Balaban J connectivity index is 2.34. The molecule has 0 aromatic carbocycles. The second kappa shape index (κ2) is 6.87. The van der Waals surface area contributed by atoms with Crippen LogP contribution in [0.25, 0.3) is 0 Å². The van der Waals surface area contributed by atoms with Crippen LogP contribution in [0.1, 0.15) is 36.5 Å². The first-order chi connectivity index (χ1) is 7.34. The van der Waals surface area contributed by atoms with E-state index in [0.717, 1.165) is 19.4 Å². The maximum Gasteiger partial charge on any atom is 0.168 e. The quantitative estimate of drug-likeness (QED) is 0.406. The van der Waals surface area contributed by atoms with Crippen LogP contribution in [0.5, 0.6) is 0 Å². The predicted octanol–water partition coefficient (Wildman–Crippen LogP) is 2.53. The molecule has 3 nitrogen and oxygen atoms in total. The second-order valence-corrected chi connectivity index (χ2v) is 3.31. The van der Waals surface area contributed by atoms with Gasteiger partial charge in [0.2, 0.25) is 0 Å². The molecule has 0 aliphatic heterocycles. The molecule has 1 heterocycles. The topological polar surface area (TPSA) is 42.3 Å². The SMILES string of the molecule is CCCCN=CCC(=O)c1ccncc1. The first kappa shape index (κ1) is 11.6. The molecule has 0 amide bonds. The highest BCUT2D eigenvalue weighted by Gasteiger charge is 2.01. The fourth-order valence-corrected chi connectivity index (χ4v) is 1.14. The van der Waals surface area contributed by atoms with Gasteiger partial charge in [0.25, 0.3) is 0 Å². The first-order valence-corrected chi connectivity index (χ1v) is 5.26. The number of hydrogen-bond donors (Lipinski definition) is 0. The summed E-state index contributed by atoms with van der Waals surface area (Å²) >= 11 is 0. The molecule has 0 spiro atoms. The van der Waals surface area contributed by atoms with Crippen molar-refractivity contribution in [2.24, 2.45) is 4.99 Å². The van der Waals surface area contributed by atoms with Gasteiger partial charge in [-0.05, 0) is 18.6 Å². The normalized spacial score (nSPS) is 10.7. The monoisotopic (exact) mass is 204 g/mol. The average Bonchev–Trinajstić information content (AvgIpc) is 2.30. The molecule has 3 heteroatoms. The molecule has 1 aromatic heterocycles. The van der Waals surface area contributed by atoms with Crippen molar-refractivity contribution in [2.45, 2.75) is 26.2 Å². The molecule has 0 saturated carbocycles. The van der Waals surface area contributed by atoms with Crippen LogP contribution in [0, 0.1) is 0 Å². The summed E-state index contributed by atoms with van der Waals surface area (Å²) < 4.78 is 0. The van der Waals surface area contributed by atoms with Gasteiger partial charge >= 0.3 is 0 Å². The number of unbranched alkanes of at least 4 members (excludes halogenated alkanes) is 1. The molecule has 1 rings (SSSR count). The number of aliphatic imine (C=N–C) groups is 1. The van der Waals surface area contributed by atoms with Crippen LogP contribution in [-0.4, -0.2) is 23.5 Å². The van der Waals surface area contributed by atoms with E-state index in [1.807, 2.05) is 0 Å². The van der Waals surface area contributed by atoms with Crippen molar-refractivity contribution < 1.29 is 4.79 Å². The summed E-state index contributed by atoms with van der Waals surface area (Å²) in [5.41, 5.74) is 0.701. The molecule has 0 unspecified atom stereocenters. The van der Waals surface area contributed by atoms with Crippen LogP contribution in [0.4, 0.5) is 0 Å². The highest BCUT2D eigenvalue weighted by atomic mass is 16.1. The van der Waals surface area contributed by atoms with Gasteiger partial charge in [-0.25, -0.2) is 0 Å². The van der Waals surface area contributed by atoms with E-state index in [1.165, 1.54) is 0 Å². The highest BCUT2D eigenvalue weighted by Crippen LogP contribution is 1.99. The molecule has 0 saturated heterocycles. The van der Waals surface area contributed by atoms with E-state index in [9.17, 15) is 4.79 Å². The summed E-state index contributed by atoms with van der Waals surface area (Å²) in [7, 11) is 0. The Kier molecular flexibility index (Phi) is 5.30. The van der Waals surface area contributed by atoms with Crippen LogP contribution in [0.2, 0.25) is 0 Å². The Morgan fingerprint density at radius 1 is 1.47 bits per heavy atom. The van der Waals surface area contributed by atoms with Crippen LogP contribution >= 0.6 is 0 Å². The summed E-state index contributed by atoms with van der Waals surface area (Å²) in [6.07, 6.45) is 7.56. The second-order valence-electron chi connectivity index (χ2n) is 3.31. The standard InChI is InChI=1S/C12H16N2O/c1-2-3-7-13-10-6-12(15)11-4-8-14-9-5-11/h4-5,8-10H,2-3,6-7H2,1H3. The van der Waals surface area contributed by atoms with Gasteiger partial charge in [0.05, 0.1) is 0 Å². The van der Waals surface area contributed by atoms with Gasteiger partial charge in [-0.1, -0.05) is 13.3 Å². The van der Waals surface area contributed by atoms with Crippen molar-refractivity contribution in [3.8, 4) is 0 Å². The van der Waals surface area contributed by atoms with Crippen molar-refractivity contribution in [1.29, 1.82) is 0 Å². The van der Waals surface area contributed by atoms with Gasteiger partial charge < -0.3 is 0 Å². The number of hydrogen-bond acceptors (Lipinski definition) is 3. The Labute approximate surface area is 90.3 Å². The minimum absolute atomic E-state index is 0.0950. The Bertz CT molecular complexity index is 320. The maximum absolute atomic E-state index is 11.6. The lowest BCUT2D eigenvalue weighted by Gasteiger charge is -1.95. The fourth-order valence-electron chi connectivity index (χ4n) is 1.14. The van der Waals surface area contributed by atoms with Crippen molar-refractivity contribution in [2.75, 3.05) is 6.54 Å². The first-order valence-electron chi connectivity index (χ1n) is 5.26. The van der Waals surface area contributed by atoms with Gasteiger partial charge in [-0.2, -0.15) is 0 Å². The third-order valence-electron chi connectivity index (χ3n) is 2.05. The molecule has 0 aliphatic carbocycles. The number of carbonyl (C=O) groups excluding carboxylic acids is 1. The van der Waals surface area contributed by atoms with E-state index in [4.69, 9.17) is 0 Å². The van der Waals surface area contributed by atoms with Crippen molar-refractivity contribution in [1.82, 2.24) is 4.98 Å². The summed E-state index contributed by atoms with van der Waals surface area (Å²) in [5.74, 6) is 0.0950. The molecule has 0 atom stereocenters. The summed E-state index contributed by atoms with van der Waals surface area (Å²) in [4.78, 5) is 19.6. The minimum atomic E-state index is 0.0950. The lowest BCUT2D eigenvalue weighted by molar-refractivity contribution is 0.100. The van der Waals surface area contributed by atoms with Crippen LogP contribution in [0.3, 0.4) is 0 Å². The third kappa shape index (κ3) is 4.49. The molecule has 15 heavy (non-hydrogen) atoms. The molecule has 0 N–H and O–H groups in total. The van der Waals surface area contributed by atoms with Gasteiger partial charge in [0, 0.05) is 37.1 Å². The van der Waals surface area contributed by atoms with Crippen molar-refractivity contribution in [3.05, 3.63) is 30.1 Å². The predicted molar refractivity (Wildman–Crippen MR) is 61.5 cm³/mol. The van der Waals surface area contributed by atoms with Crippen LogP contribution in [-0.2, 0) is 0 Å². The van der Waals surface area contributed by atoms with Crippen LogP contribution in [0.15, 0.2) is 29.5 Å². The summed E-state index contributed by atoms with van der Waals surface area (Å²) in [5, 5.41) is 0. The van der Waals surface area contributed by atoms with Gasteiger partial charge in [0.1, 0.15) is 0 Å². The number of ketones is 1. The molecule has 80 valence electrons. The zero-order chi connectivity index (χ0) is 10.9. The van der Waals surface area contributed by atoms with Crippen molar-refractivity contribution >= 4 is 12.0 Å². The Hall–Kier alpha value is -1.51. The zero-order valence-electron chi connectivity index (χ0n) is 9.02. The summed E-state index contributed by atoms with van der Waals surface area (Å²) in [6.45, 7) is 2.94. The lowest BCUT2D eigenvalue weighted by atomic mass is 10.1. The number of aromatic nitrogens is 1. The maximum atomic E-state index is 11.6. The number of rotatable bonds is 6. The minimum Gasteiger partial charge on any atom is -0.297 e. The van der Waals surface area contributed by atoms with E-state index in [-0.39, 0.29) is 5.78 Å². The van der Waals surface area contributed by atoms with E-state index in [2.05, 4.69) is 16.9 Å². The summed E-state index contributed by atoms with van der Waals surface area (Å²) in [6, 6.07) is 3.45. The molecular weight excluding hydrogens is 188 g/mol. The third-order valence-corrected chi connectivity index (χ3v) is 2.05. The van der Waals surface area contributed by atoms with Gasteiger partial charge in [-0.15, -0.1) is 0 Å². The lowest BCUT2D eigenvalue weighted by Crippen LogP contribution is -1.99.